The van der Waals surface area contributed by atoms with E-state index in [2.05, 4.69) is 48.7 Å². The fraction of sp³-hybridized carbons (Fsp3) is 0.438. The summed E-state index contributed by atoms with van der Waals surface area (Å²) in [5, 5.41) is 0. The molecular weight excluding hydrogens is 330 g/mol. The van der Waals surface area contributed by atoms with Crippen LogP contribution in [0.4, 0.5) is 0 Å². The quantitative estimate of drug-likeness (QED) is 0.830. The van der Waals surface area contributed by atoms with Crippen molar-refractivity contribution in [2.45, 2.75) is 13.0 Å². The lowest BCUT2D eigenvalue weighted by Gasteiger charge is -2.26. The molecule has 0 amide bonds. The first kappa shape index (κ1) is 14.8. The molecular formula is C16H20BrN3O. The van der Waals surface area contributed by atoms with Crippen LogP contribution in [-0.4, -0.2) is 47.3 Å². The monoisotopic (exact) mass is 349 g/mol. The summed E-state index contributed by atoms with van der Waals surface area (Å²) in [7, 11) is 0. The van der Waals surface area contributed by atoms with Crippen molar-refractivity contribution < 1.29 is 4.74 Å². The highest BCUT2D eigenvalue weighted by Crippen LogP contribution is 2.26. The van der Waals surface area contributed by atoms with Crippen molar-refractivity contribution in [1.82, 2.24) is 14.5 Å². The van der Waals surface area contributed by atoms with E-state index in [4.69, 9.17) is 4.74 Å². The Morgan fingerprint density at radius 1 is 1.14 bits per heavy atom. The molecule has 112 valence electrons. The topological polar surface area (TPSA) is 30.3 Å². The molecule has 4 nitrogen and oxygen atoms in total. The first-order valence-corrected chi connectivity index (χ1v) is 8.20. The van der Waals surface area contributed by atoms with Gasteiger partial charge in [-0.05, 0) is 12.5 Å². The van der Waals surface area contributed by atoms with Crippen LogP contribution in [0.2, 0.25) is 0 Å². The lowest BCUT2D eigenvalue weighted by Crippen LogP contribution is -2.37. The van der Waals surface area contributed by atoms with Crippen molar-refractivity contribution in [2.24, 2.45) is 0 Å². The van der Waals surface area contributed by atoms with Crippen molar-refractivity contribution in [3.05, 3.63) is 41.1 Å². The van der Waals surface area contributed by atoms with Gasteiger partial charge >= 0.3 is 0 Å². The maximum Gasteiger partial charge on any atom is 0.141 e. The summed E-state index contributed by atoms with van der Waals surface area (Å²) in [5.41, 5.74) is 1.15. The van der Waals surface area contributed by atoms with Crippen molar-refractivity contribution in [1.29, 1.82) is 0 Å². The number of aromatic nitrogens is 2. The number of ether oxygens (including phenoxy) is 1. The van der Waals surface area contributed by atoms with E-state index in [0.29, 0.717) is 0 Å². The maximum absolute atomic E-state index is 5.38. The molecule has 2 aromatic rings. The number of hydrogen-bond acceptors (Lipinski definition) is 3. The van der Waals surface area contributed by atoms with E-state index in [9.17, 15) is 0 Å². The van der Waals surface area contributed by atoms with Crippen LogP contribution < -0.4 is 0 Å². The molecule has 0 bridgehead atoms. The predicted molar refractivity (Wildman–Crippen MR) is 87.2 cm³/mol. The van der Waals surface area contributed by atoms with Gasteiger partial charge in [0.1, 0.15) is 5.82 Å². The van der Waals surface area contributed by atoms with E-state index in [1.165, 1.54) is 0 Å². The van der Waals surface area contributed by atoms with Crippen molar-refractivity contribution in [2.75, 3.05) is 32.8 Å². The van der Waals surface area contributed by atoms with Crippen LogP contribution in [0.1, 0.15) is 6.42 Å². The number of aryl methyl sites for hydroxylation is 1. The minimum absolute atomic E-state index is 0.868. The van der Waals surface area contributed by atoms with Gasteiger partial charge in [-0.25, -0.2) is 4.98 Å². The Labute approximate surface area is 133 Å². The average Bonchev–Trinajstić information content (AvgIpc) is 2.97. The Balaban J connectivity index is 1.62. The zero-order valence-electron chi connectivity index (χ0n) is 12.0. The van der Waals surface area contributed by atoms with Gasteiger partial charge in [0.05, 0.1) is 13.2 Å². The summed E-state index contributed by atoms with van der Waals surface area (Å²) in [4.78, 5) is 6.98. The third-order valence-electron chi connectivity index (χ3n) is 3.81. The summed E-state index contributed by atoms with van der Waals surface area (Å²) < 4.78 is 8.71. The smallest absolute Gasteiger partial charge is 0.141 e. The van der Waals surface area contributed by atoms with Gasteiger partial charge in [-0.3, -0.25) is 4.90 Å². The number of hydrogen-bond donors (Lipinski definition) is 0. The van der Waals surface area contributed by atoms with E-state index in [0.717, 1.165) is 61.7 Å². The lowest BCUT2D eigenvalue weighted by atomic mass is 10.2. The van der Waals surface area contributed by atoms with Crippen LogP contribution in [0.25, 0.3) is 11.4 Å². The molecule has 0 unspecified atom stereocenters. The van der Waals surface area contributed by atoms with Crippen LogP contribution in [0, 0.1) is 0 Å². The molecule has 0 N–H and O–H groups in total. The number of halogens is 1. The Morgan fingerprint density at radius 3 is 2.76 bits per heavy atom. The van der Waals surface area contributed by atoms with Crippen LogP contribution >= 0.6 is 15.9 Å². The highest BCUT2D eigenvalue weighted by atomic mass is 79.9. The molecule has 5 heteroatoms. The second kappa shape index (κ2) is 7.20. The van der Waals surface area contributed by atoms with Crippen molar-refractivity contribution in [3.63, 3.8) is 0 Å². The van der Waals surface area contributed by atoms with E-state index in [1.54, 1.807) is 0 Å². The van der Waals surface area contributed by atoms with E-state index >= 15 is 0 Å². The third-order valence-corrected chi connectivity index (χ3v) is 4.50. The second-order valence-corrected chi connectivity index (χ2v) is 6.09. The standard InChI is InChI=1S/C16H20BrN3O/c17-15-5-2-1-4-14(15)16-18-6-9-20(16)8-3-7-19-10-12-21-13-11-19/h1-2,4-6,9H,3,7-8,10-13H2. The van der Waals surface area contributed by atoms with Crippen LogP contribution in [0.5, 0.6) is 0 Å². The Morgan fingerprint density at radius 2 is 1.95 bits per heavy atom. The summed E-state index contributed by atoms with van der Waals surface area (Å²) in [5.74, 6) is 1.03. The highest BCUT2D eigenvalue weighted by Gasteiger charge is 2.11. The van der Waals surface area contributed by atoms with Crippen molar-refractivity contribution in [3.8, 4) is 11.4 Å². The van der Waals surface area contributed by atoms with E-state index in [1.807, 2.05) is 18.3 Å². The van der Waals surface area contributed by atoms with Gasteiger partial charge in [0.25, 0.3) is 0 Å². The van der Waals surface area contributed by atoms with Gasteiger partial charge in [0.15, 0.2) is 0 Å². The van der Waals surface area contributed by atoms with Crippen molar-refractivity contribution >= 4 is 15.9 Å². The summed E-state index contributed by atoms with van der Waals surface area (Å²) in [6.07, 6.45) is 5.07. The van der Waals surface area contributed by atoms with Gasteiger partial charge in [-0.2, -0.15) is 0 Å². The fourth-order valence-electron chi connectivity index (χ4n) is 2.67. The molecule has 0 atom stereocenters. The molecule has 1 saturated heterocycles. The van der Waals surface area contributed by atoms with Gasteiger partial charge in [-0.1, -0.05) is 34.1 Å². The van der Waals surface area contributed by atoms with Gasteiger partial charge in [0.2, 0.25) is 0 Å². The molecule has 2 heterocycles. The van der Waals surface area contributed by atoms with Gasteiger partial charge < -0.3 is 9.30 Å². The Bertz CT molecular complexity index is 578. The molecule has 0 aliphatic carbocycles. The number of rotatable bonds is 5. The Kier molecular flexibility index (Phi) is 5.06. The normalized spacial score (nSPS) is 16.2. The molecule has 21 heavy (non-hydrogen) atoms. The molecule has 3 rings (SSSR count). The van der Waals surface area contributed by atoms with Crippen LogP contribution in [0.15, 0.2) is 41.1 Å². The SMILES string of the molecule is Brc1ccccc1-c1nccn1CCCN1CCOCC1. The summed E-state index contributed by atoms with van der Waals surface area (Å²) in [6, 6.07) is 8.24. The second-order valence-electron chi connectivity index (χ2n) is 5.23. The molecule has 0 radical (unpaired) electrons. The number of nitrogens with zero attached hydrogens (tertiary/aromatic N) is 3. The fourth-order valence-corrected chi connectivity index (χ4v) is 3.13. The summed E-state index contributed by atoms with van der Waals surface area (Å²) >= 11 is 3.61. The number of imidazole rings is 1. The zero-order chi connectivity index (χ0) is 14.5. The first-order valence-electron chi connectivity index (χ1n) is 7.41. The molecule has 0 saturated carbocycles. The van der Waals surface area contributed by atoms with Crippen LogP contribution in [0.3, 0.4) is 0 Å². The molecule has 1 aromatic carbocycles. The molecule has 1 fully saturated rings. The maximum atomic E-state index is 5.38. The summed E-state index contributed by atoms with van der Waals surface area (Å²) in [6.45, 7) is 5.97. The number of morpholine rings is 1. The van der Waals surface area contributed by atoms with Crippen LogP contribution in [-0.2, 0) is 11.3 Å². The minimum Gasteiger partial charge on any atom is -0.379 e. The molecule has 0 spiro atoms. The average molecular weight is 350 g/mol. The number of benzene rings is 1. The largest absolute Gasteiger partial charge is 0.379 e. The molecule has 1 aliphatic heterocycles. The molecule has 1 aromatic heterocycles. The zero-order valence-corrected chi connectivity index (χ0v) is 13.6. The lowest BCUT2D eigenvalue weighted by molar-refractivity contribution is 0.0369. The molecule has 1 aliphatic rings. The van der Waals surface area contributed by atoms with Gasteiger partial charge in [0, 0.05) is 48.6 Å². The highest BCUT2D eigenvalue weighted by molar-refractivity contribution is 9.10. The van der Waals surface area contributed by atoms with E-state index < -0.39 is 0 Å². The minimum atomic E-state index is 0.868. The third kappa shape index (κ3) is 3.73. The first-order chi connectivity index (χ1) is 10.3. The van der Waals surface area contributed by atoms with Gasteiger partial charge in [-0.15, -0.1) is 0 Å². The Hall–Kier alpha value is -1.17. The predicted octanol–water partition coefficient (Wildman–Crippen LogP) is 3.03. The van der Waals surface area contributed by atoms with E-state index in [-0.39, 0.29) is 0 Å².